The lowest BCUT2D eigenvalue weighted by molar-refractivity contribution is 0.207. The molecule has 0 bridgehead atoms. The third-order valence-corrected chi connectivity index (χ3v) is 1.54. The maximum Gasteiger partial charge on any atom is 0.296 e. The first-order chi connectivity index (χ1) is 4.86. The fourth-order valence-corrected chi connectivity index (χ4v) is 1.06. The van der Waals surface area contributed by atoms with Crippen LogP contribution in [0.2, 0.25) is 0 Å². The van der Waals surface area contributed by atoms with Gasteiger partial charge in [0, 0.05) is 18.9 Å². The average Bonchev–Trinajstić information content (AvgIpc) is 2.33. The summed E-state index contributed by atoms with van der Waals surface area (Å²) in [5.74, 6) is 0. The Morgan fingerprint density at radius 2 is 2.70 bits per heavy atom. The zero-order chi connectivity index (χ0) is 6.97. The van der Waals surface area contributed by atoms with Crippen molar-refractivity contribution in [3.8, 4) is 6.01 Å². The fraction of sp³-hybridized carbons (Fsp3) is 0.500. The molecule has 1 unspecified atom stereocenters. The number of rotatable bonds is 0. The highest BCUT2D eigenvalue weighted by molar-refractivity contribution is 5.01. The van der Waals surface area contributed by atoms with Gasteiger partial charge in [0.05, 0.1) is 6.04 Å². The van der Waals surface area contributed by atoms with Crippen molar-refractivity contribution in [3.05, 3.63) is 12.4 Å². The molecule has 0 saturated carbocycles. The first-order valence-electron chi connectivity index (χ1n) is 3.26. The van der Waals surface area contributed by atoms with E-state index in [4.69, 9.17) is 10.5 Å². The third-order valence-electron chi connectivity index (χ3n) is 1.54. The fourth-order valence-electron chi connectivity index (χ4n) is 1.06. The summed E-state index contributed by atoms with van der Waals surface area (Å²) < 4.78 is 7.11. The van der Waals surface area contributed by atoms with E-state index in [-0.39, 0.29) is 6.04 Å². The molecule has 0 spiro atoms. The van der Waals surface area contributed by atoms with Crippen molar-refractivity contribution in [2.75, 3.05) is 6.61 Å². The smallest absolute Gasteiger partial charge is 0.296 e. The minimum atomic E-state index is 0.113. The van der Waals surface area contributed by atoms with Crippen molar-refractivity contribution < 1.29 is 4.74 Å². The number of nitrogens with zero attached hydrogens (tertiary/aromatic N) is 2. The highest BCUT2D eigenvalue weighted by Crippen LogP contribution is 2.12. The molecule has 1 aromatic heterocycles. The number of hydrogen-bond acceptors (Lipinski definition) is 3. The summed E-state index contributed by atoms with van der Waals surface area (Å²) in [7, 11) is 0. The van der Waals surface area contributed by atoms with Crippen LogP contribution in [-0.4, -0.2) is 22.2 Å². The van der Waals surface area contributed by atoms with Gasteiger partial charge < -0.3 is 10.5 Å². The van der Waals surface area contributed by atoms with Crippen LogP contribution < -0.4 is 10.5 Å². The number of imidazole rings is 1. The molecule has 2 N–H and O–H groups in total. The van der Waals surface area contributed by atoms with Gasteiger partial charge in [-0.25, -0.2) is 4.98 Å². The zero-order valence-corrected chi connectivity index (χ0v) is 5.53. The van der Waals surface area contributed by atoms with E-state index < -0.39 is 0 Å². The third kappa shape index (κ3) is 0.769. The van der Waals surface area contributed by atoms with Gasteiger partial charge in [-0.2, -0.15) is 0 Å². The lowest BCUT2D eigenvalue weighted by Crippen LogP contribution is -2.36. The highest BCUT2D eigenvalue weighted by atomic mass is 16.5. The van der Waals surface area contributed by atoms with Crippen molar-refractivity contribution in [2.45, 2.75) is 12.6 Å². The Labute approximate surface area is 58.6 Å². The second-order valence-corrected chi connectivity index (χ2v) is 2.43. The topological polar surface area (TPSA) is 53.1 Å². The summed E-state index contributed by atoms with van der Waals surface area (Å²) in [6, 6.07) is 0.795. The largest absolute Gasteiger partial charge is 0.463 e. The lowest BCUT2D eigenvalue weighted by atomic mass is 10.3. The summed E-state index contributed by atoms with van der Waals surface area (Å²) in [5, 5.41) is 0. The monoisotopic (exact) mass is 139 g/mol. The van der Waals surface area contributed by atoms with Gasteiger partial charge in [0.15, 0.2) is 0 Å². The Morgan fingerprint density at radius 1 is 1.80 bits per heavy atom. The Hall–Kier alpha value is -1.03. The highest BCUT2D eigenvalue weighted by Gasteiger charge is 2.15. The SMILES string of the molecule is NC1COc2nccn2C1. The van der Waals surface area contributed by atoms with E-state index in [0.29, 0.717) is 12.6 Å². The molecule has 1 aromatic rings. The average molecular weight is 139 g/mol. The number of fused-ring (bicyclic) bond motifs is 1. The quantitative estimate of drug-likeness (QED) is 0.532. The molecule has 10 heavy (non-hydrogen) atoms. The van der Waals surface area contributed by atoms with Crippen LogP contribution >= 0.6 is 0 Å². The molecular weight excluding hydrogens is 130 g/mol. The number of ether oxygens (including phenoxy) is 1. The molecule has 1 atom stereocenters. The molecule has 0 aliphatic carbocycles. The van der Waals surface area contributed by atoms with Gasteiger partial charge in [0.2, 0.25) is 0 Å². The molecule has 0 saturated heterocycles. The summed E-state index contributed by atoms with van der Waals surface area (Å²) in [4.78, 5) is 3.98. The lowest BCUT2D eigenvalue weighted by Gasteiger charge is -2.20. The van der Waals surface area contributed by atoms with Crippen molar-refractivity contribution in [3.63, 3.8) is 0 Å². The van der Waals surface area contributed by atoms with E-state index in [2.05, 4.69) is 4.98 Å². The van der Waals surface area contributed by atoms with E-state index in [1.165, 1.54) is 0 Å². The molecule has 2 rings (SSSR count). The van der Waals surface area contributed by atoms with Gasteiger partial charge in [-0.1, -0.05) is 0 Å². The van der Waals surface area contributed by atoms with Crippen molar-refractivity contribution in [2.24, 2.45) is 5.73 Å². The summed E-state index contributed by atoms with van der Waals surface area (Å²) in [5.41, 5.74) is 5.64. The van der Waals surface area contributed by atoms with Gasteiger partial charge in [-0.05, 0) is 0 Å². The van der Waals surface area contributed by atoms with E-state index in [1.807, 2.05) is 10.8 Å². The zero-order valence-electron chi connectivity index (χ0n) is 5.53. The Morgan fingerprint density at radius 3 is 3.60 bits per heavy atom. The second-order valence-electron chi connectivity index (χ2n) is 2.43. The molecule has 4 heteroatoms. The first-order valence-corrected chi connectivity index (χ1v) is 3.26. The molecule has 1 aliphatic heterocycles. The standard InChI is InChI=1S/C6H9N3O/c7-5-3-9-2-1-8-6(9)10-4-5/h1-2,5H,3-4,7H2. The van der Waals surface area contributed by atoms with Crippen LogP contribution in [0.15, 0.2) is 12.4 Å². The number of aromatic nitrogens is 2. The van der Waals surface area contributed by atoms with Crippen LogP contribution in [0.3, 0.4) is 0 Å². The minimum absolute atomic E-state index is 0.113. The molecule has 0 aromatic carbocycles. The second kappa shape index (κ2) is 1.98. The van der Waals surface area contributed by atoms with Crippen LogP contribution in [0.1, 0.15) is 0 Å². The molecule has 1 aliphatic rings. The van der Waals surface area contributed by atoms with Crippen molar-refractivity contribution in [1.29, 1.82) is 0 Å². The Balaban J connectivity index is 2.30. The minimum Gasteiger partial charge on any atom is -0.463 e. The van der Waals surface area contributed by atoms with Gasteiger partial charge in [-0.3, -0.25) is 4.57 Å². The molecule has 0 amide bonds. The summed E-state index contributed by atoms with van der Waals surface area (Å²) >= 11 is 0. The van der Waals surface area contributed by atoms with E-state index >= 15 is 0 Å². The molecule has 2 heterocycles. The van der Waals surface area contributed by atoms with Crippen LogP contribution in [0.5, 0.6) is 6.01 Å². The molecule has 0 radical (unpaired) electrons. The maximum absolute atomic E-state index is 5.64. The Bertz CT molecular complexity index is 233. The van der Waals surface area contributed by atoms with Gasteiger partial charge >= 0.3 is 0 Å². The molecule has 54 valence electrons. The summed E-state index contributed by atoms with van der Waals surface area (Å²) in [6.07, 6.45) is 3.59. The normalized spacial score (nSPS) is 23.5. The summed E-state index contributed by atoms with van der Waals surface area (Å²) in [6.45, 7) is 1.40. The van der Waals surface area contributed by atoms with Crippen LogP contribution in [0.25, 0.3) is 0 Å². The van der Waals surface area contributed by atoms with Gasteiger partial charge in [0.1, 0.15) is 6.61 Å². The first kappa shape index (κ1) is 5.73. The van der Waals surface area contributed by atoms with E-state index in [0.717, 1.165) is 6.54 Å². The van der Waals surface area contributed by atoms with Crippen molar-refractivity contribution >= 4 is 0 Å². The number of nitrogens with two attached hydrogens (primary N) is 1. The predicted molar refractivity (Wildman–Crippen MR) is 35.7 cm³/mol. The van der Waals surface area contributed by atoms with Crippen LogP contribution in [-0.2, 0) is 6.54 Å². The number of hydrogen-bond donors (Lipinski definition) is 1. The van der Waals surface area contributed by atoms with E-state index in [9.17, 15) is 0 Å². The van der Waals surface area contributed by atoms with Crippen molar-refractivity contribution in [1.82, 2.24) is 9.55 Å². The molecule has 0 fully saturated rings. The predicted octanol–water partition coefficient (Wildman–Crippen LogP) is -0.397. The van der Waals surface area contributed by atoms with E-state index in [1.54, 1.807) is 6.20 Å². The van der Waals surface area contributed by atoms with Gasteiger partial charge in [0.25, 0.3) is 6.01 Å². The Kier molecular flexibility index (Phi) is 1.14. The molecule has 4 nitrogen and oxygen atoms in total. The van der Waals surface area contributed by atoms with Gasteiger partial charge in [-0.15, -0.1) is 0 Å². The van der Waals surface area contributed by atoms with Crippen LogP contribution in [0, 0.1) is 0 Å². The maximum atomic E-state index is 5.64. The van der Waals surface area contributed by atoms with Crippen LogP contribution in [0.4, 0.5) is 0 Å². The molecular formula is C6H9N3O.